The molecule has 1 aromatic rings. The third-order valence-corrected chi connectivity index (χ3v) is 2.33. The highest BCUT2D eigenvalue weighted by Gasteiger charge is 2.16. The molecule has 0 heterocycles. The van der Waals surface area contributed by atoms with E-state index in [1.165, 1.54) is 0 Å². The second-order valence-electron chi connectivity index (χ2n) is 3.49. The van der Waals surface area contributed by atoms with E-state index in [1.807, 2.05) is 37.3 Å². The highest BCUT2D eigenvalue weighted by atomic mass is 16.5. The summed E-state index contributed by atoms with van der Waals surface area (Å²) in [5.74, 6) is 0. The molecule has 84 valence electrons. The molecule has 0 aliphatic carbocycles. The number of rotatable bonds is 6. The lowest BCUT2D eigenvalue weighted by Gasteiger charge is -2.20. The van der Waals surface area contributed by atoms with E-state index in [4.69, 9.17) is 9.84 Å². The Morgan fingerprint density at radius 2 is 1.93 bits per heavy atom. The molecule has 2 atom stereocenters. The van der Waals surface area contributed by atoms with Gasteiger partial charge in [0.05, 0.1) is 19.3 Å². The number of hydrogen-bond donors (Lipinski definition) is 2. The average Bonchev–Trinajstić information content (AvgIpc) is 2.31. The van der Waals surface area contributed by atoms with Gasteiger partial charge in [-0.3, -0.25) is 0 Å². The van der Waals surface area contributed by atoms with Crippen LogP contribution in [0.15, 0.2) is 30.3 Å². The lowest BCUT2D eigenvalue weighted by molar-refractivity contribution is -0.0660. The molecule has 0 aliphatic rings. The van der Waals surface area contributed by atoms with E-state index in [2.05, 4.69) is 0 Å². The highest BCUT2D eigenvalue weighted by Crippen LogP contribution is 2.08. The minimum absolute atomic E-state index is 0.257. The first-order valence-electron chi connectivity index (χ1n) is 5.22. The summed E-state index contributed by atoms with van der Waals surface area (Å²) in [4.78, 5) is 0. The molecular formula is C12H18O3. The fourth-order valence-electron chi connectivity index (χ4n) is 1.40. The molecule has 0 aromatic heterocycles. The summed E-state index contributed by atoms with van der Waals surface area (Å²) >= 11 is 0. The molecule has 2 N–H and O–H groups in total. The van der Waals surface area contributed by atoms with Gasteiger partial charge in [-0.05, 0) is 12.0 Å². The van der Waals surface area contributed by atoms with Crippen molar-refractivity contribution in [2.24, 2.45) is 0 Å². The first-order valence-corrected chi connectivity index (χ1v) is 5.22. The molecule has 1 rings (SSSR count). The van der Waals surface area contributed by atoms with E-state index >= 15 is 0 Å². The SMILES string of the molecule is CC[C@H](OCc1ccccc1)[C@H](O)CO. The largest absolute Gasteiger partial charge is 0.394 e. The van der Waals surface area contributed by atoms with Gasteiger partial charge in [-0.25, -0.2) is 0 Å². The summed E-state index contributed by atoms with van der Waals surface area (Å²) in [6, 6.07) is 9.78. The quantitative estimate of drug-likeness (QED) is 0.745. The van der Waals surface area contributed by atoms with Crippen LogP contribution >= 0.6 is 0 Å². The maximum atomic E-state index is 9.42. The van der Waals surface area contributed by atoms with Crippen LogP contribution in [-0.2, 0) is 11.3 Å². The van der Waals surface area contributed by atoms with Gasteiger partial charge < -0.3 is 14.9 Å². The Balaban J connectivity index is 2.41. The van der Waals surface area contributed by atoms with Crippen molar-refractivity contribution in [1.82, 2.24) is 0 Å². The summed E-state index contributed by atoms with van der Waals surface area (Å²) in [6.07, 6.45) is -0.400. The molecule has 0 bridgehead atoms. The van der Waals surface area contributed by atoms with Crippen LogP contribution in [0.5, 0.6) is 0 Å². The molecule has 0 spiro atoms. The first kappa shape index (κ1) is 12.2. The summed E-state index contributed by atoms with van der Waals surface area (Å²) in [6.45, 7) is 2.14. The Morgan fingerprint density at radius 1 is 1.27 bits per heavy atom. The van der Waals surface area contributed by atoms with Gasteiger partial charge in [-0.1, -0.05) is 37.3 Å². The van der Waals surface area contributed by atoms with Crippen molar-refractivity contribution in [2.75, 3.05) is 6.61 Å². The third kappa shape index (κ3) is 4.00. The van der Waals surface area contributed by atoms with Gasteiger partial charge in [-0.15, -0.1) is 0 Å². The van der Waals surface area contributed by atoms with Crippen LogP contribution in [0, 0.1) is 0 Å². The Labute approximate surface area is 90.3 Å². The average molecular weight is 210 g/mol. The molecule has 1 aromatic carbocycles. The molecule has 0 aliphatic heterocycles. The van der Waals surface area contributed by atoms with Crippen molar-refractivity contribution in [1.29, 1.82) is 0 Å². The molecule has 0 amide bonds. The number of benzene rings is 1. The zero-order valence-corrected chi connectivity index (χ0v) is 8.97. The number of hydrogen-bond acceptors (Lipinski definition) is 3. The minimum Gasteiger partial charge on any atom is -0.394 e. The fourth-order valence-corrected chi connectivity index (χ4v) is 1.40. The summed E-state index contributed by atoms with van der Waals surface area (Å²) in [5.41, 5.74) is 1.07. The van der Waals surface area contributed by atoms with Crippen molar-refractivity contribution in [2.45, 2.75) is 32.2 Å². The minimum atomic E-state index is -0.793. The van der Waals surface area contributed by atoms with Gasteiger partial charge in [0.25, 0.3) is 0 Å². The van der Waals surface area contributed by atoms with E-state index in [0.29, 0.717) is 13.0 Å². The molecule has 0 fully saturated rings. The van der Waals surface area contributed by atoms with Crippen molar-refractivity contribution in [3.63, 3.8) is 0 Å². The van der Waals surface area contributed by atoms with Crippen LogP contribution in [0.4, 0.5) is 0 Å². The second kappa shape index (κ2) is 6.56. The molecule has 0 unspecified atom stereocenters. The fraction of sp³-hybridized carbons (Fsp3) is 0.500. The summed E-state index contributed by atoms with van der Waals surface area (Å²) in [5, 5.41) is 18.2. The van der Waals surface area contributed by atoms with E-state index in [-0.39, 0.29) is 12.7 Å². The zero-order chi connectivity index (χ0) is 11.1. The topological polar surface area (TPSA) is 49.7 Å². The monoisotopic (exact) mass is 210 g/mol. The van der Waals surface area contributed by atoms with Gasteiger partial charge in [0.15, 0.2) is 0 Å². The van der Waals surface area contributed by atoms with Crippen molar-refractivity contribution in [3.8, 4) is 0 Å². The molecular weight excluding hydrogens is 192 g/mol. The van der Waals surface area contributed by atoms with Crippen LogP contribution in [0.3, 0.4) is 0 Å². The maximum Gasteiger partial charge on any atom is 0.103 e. The standard InChI is InChI=1S/C12H18O3/c1-2-12(11(14)8-13)15-9-10-6-4-3-5-7-10/h3-7,11-14H,2,8-9H2,1H3/t11-,12+/m1/s1. The lowest BCUT2D eigenvalue weighted by Crippen LogP contribution is -2.31. The van der Waals surface area contributed by atoms with E-state index in [1.54, 1.807) is 0 Å². The first-order chi connectivity index (χ1) is 7.27. The Bertz CT molecular complexity index is 261. The number of ether oxygens (including phenoxy) is 1. The Morgan fingerprint density at radius 3 is 2.47 bits per heavy atom. The van der Waals surface area contributed by atoms with E-state index in [0.717, 1.165) is 5.56 Å². The Hall–Kier alpha value is -0.900. The normalized spacial score (nSPS) is 14.9. The molecule has 0 radical (unpaired) electrons. The lowest BCUT2D eigenvalue weighted by atomic mass is 10.1. The molecule has 3 nitrogen and oxygen atoms in total. The van der Waals surface area contributed by atoms with Gasteiger partial charge in [0, 0.05) is 0 Å². The van der Waals surface area contributed by atoms with Crippen molar-refractivity contribution < 1.29 is 14.9 Å². The third-order valence-electron chi connectivity index (χ3n) is 2.33. The van der Waals surface area contributed by atoms with Crippen LogP contribution in [0.1, 0.15) is 18.9 Å². The van der Waals surface area contributed by atoms with Crippen LogP contribution < -0.4 is 0 Å². The van der Waals surface area contributed by atoms with Gasteiger partial charge in [0.1, 0.15) is 6.10 Å². The van der Waals surface area contributed by atoms with E-state index in [9.17, 15) is 5.11 Å². The predicted octanol–water partition coefficient (Wildman–Crippen LogP) is 1.33. The number of aliphatic hydroxyl groups excluding tert-OH is 2. The van der Waals surface area contributed by atoms with Crippen molar-refractivity contribution >= 4 is 0 Å². The van der Waals surface area contributed by atoms with Gasteiger partial charge >= 0.3 is 0 Å². The maximum absolute atomic E-state index is 9.42. The Kier molecular flexibility index (Phi) is 5.32. The van der Waals surface area contributed by atoms with Crippen molar-refractivity contribution in [3.05, 3.63) is 35.9 Å². The molecule has 3 heteroatoms. The summed E-state index contributed by atoms with van der Waals surface area (Å²) < 4.78 is 5.52. The molecule has 15 heavy (non-hydrogen) atoms. The predicted molar refractivity (Wildman–Crippen MR) is 58.4 cm³/mol. The second-order valence-corrected chi connectivity index (χ2v) is 3.49. The van der Waals surface area contributed by atoms with Gasteiger partial charge in [-0.2, -0.15) is 0 Å². The smallest absolute Gasteiger partial charge is 0.103 e. The van der Waals surface area contributed by atoms with Crippen LogP contribution in [0.25, 0.3) is 0 Å². The van der Waals surface area contributed by atoms with Gasteiger partial charge in [0.2, 0.25) is 0 Å². The van der Waals surface area contributed by atoms with E-state index < -0.39 is 6.10 Å². The molecule has 0 saturated heterocycles. The number of aliphatic hydroxyl groups is 2. The zero-order valence-electron chi connectivity index (χ0n) is 8.97. The van der Waals surface area contributed by atoms with Crippen LogP contribution in [-0.4, -0.2) is 29.0 Å². The highest BCUT2D eigenvalue weighted by molar-refractivity contribution is 5.13. The summed E-state index contributed by atoms with van der Waals surface area (Å²) in [7, 11) is 0. The molecule has 0 saturated carbocycles. The van der Waals surface area contributed by atoms with Crippen LogP contribution in [0.2, 0.25) is 0 Å².